The van der Waals surface area contributed by atoms with Crippen LogP contribution in [0, 0.1) is 11.8 Å². The van der Waals surface area contributed by atoms with Crippen LogP contribution in [0.2, 0.25) is 0 Å². The highest BCUT2D eigenvalue weighted by atomic mass is 32.1. The van der Waals surface area contributed by atoms with Gasteiger partial charge in [0.15, 0.2) is 5.78 Å². The predicted octanol–water partition coefficient (Wildman–Crippen LogP) is 4.00. The number of ether oxygens (including phenoxy) is 1. The fraction of sp³-hybridized carbons (Fsp3) is 0.533. The lowest BCUT2D eigenvalue weighted by Crippen LogP contribution is -2.53. The summed E-state index contributed by atoms with van der Waals surface area (Å²) in [7, 11) is 1.52. The number of Topliss-reactive ketones (excluding diaryl/α,β-unsaturated/α-hetero) is 1. The zero-order valence-corrected chi connectivity index (χ0v) is 24.2. The first-order valence-corrected chi connectivity index (χ1v) is 14.6. The average molecular weight is 554 g/mol. The van der Waals surface area contributed by atoms with E-state index in [9.17, 15) is 19.2 Å². The van der Waals surface area contributed by atoms with Crippen molar-refractivity contribution in [2.75, 3.05) is 20.2 Å². The fourth-order valence-electron chi connectivity index (χ4n) is 5.65. The minimum atomic E-state index is -0.761. The highest BCUT2D eigenvalue weighted by Gasteiger charge is 2.53. The highest BCUT2D eigenvalue weighted by molar-refractivity contribution is 7.17. The Balaban J connectivity index is 1.49. The van der Waals surface area contributed by atoms with Crippen molar-refractivity contribution in [1.29, 1.82) is 0 Å². The van der Waals surface area contributed by atoms with Gasteiger partial charge in [-0.05, 0) is 42.4 Å². The fourth-order valence-corrected chi connectivity index (χ4v) is 6.57. The maximum Gasteiger partial charge on any atom is 0.262 e. The number of benzene rings is 1. The predicted molar refractivity (Wildman–Crippen MR) is 151 cm³/mol. The van der Waals surface area contributed by atoms with Crippen molar-refractivity contribution in [3.63, 3.8) is 0 Å². The molecule has 4 rings (SSSR count). The molecule has 2 aromatic rings. The number of hydrogen-bond acceptors (Lipinski definition) is 6. The molecule has 1 aromatic heterocycles. The summed E-state index contributed by atoms with van der Waals surface area (Å²) >= 11 is 1.38. The van der Waals surface area contributed by atoms with Gasteiger partial charge in [0.05, 0.1) is 17.5 Å². The molecule has 0 bridgehead atoms. The lowest BCUT2D eigenvalue weighted by molar-refractivity contribution is -0.146. The second-order valence-electron chi connectivity index (χ2n) is 11.0. The highest BCUT2D eigenvalue weighted by Crippen LogP contribution is 2.33. The summed E-state index contributed by atoms with van der Waals surface area (Å²) in [6.45, 7) is 8.30. The molecule has 8 nitrogen and oxygen atoms in total. The molecule has 0 radical (unpaired) electrons. The van der Waals surface area contributed by atoms with Crippen LogP contribution in [-0.4, -0.2) is 77.7 Å². The largest absolute Gasteiger partial charge is 0.371 e. The van der Waals surface area contributed by atoms with Crippen LogP contribution in [-0.2, 0) is 19.1 Å². The number of ketones is 1. The first kappa shape index (κ1) is 29.0. The maximum absolute atomic E-state index is 13.8. The van der Waals surface area contributed by atoms with Crippen LogP contribution in [0.4, 0.5) is 0 Å². The van der Waals surface area contributed by atoms with Gasteiger partial charge in [0.2, 0.25) is 5.91 Å². The molecule has 39 heavy (non-hydrogen) atoms. The van der Waals surface area contributed by atoms with Crippen LogP contribution < -0.4 is 5.32 Å². The van der Waals surface area contributed by atoms with Crippen molar-refractivity contribution < 1.29 is 23.9 Å². The summed E-state index contributed by atoms with van der Waals surface area (Å²) in [5.74, 6) is -0.739. The summed E-state index contributed by atoms with van der Waals surface area (Å²) in [5, 5.41) is 2.95. The molecule has 2 aliphatic rings. The van der Waals surface area contributed by atoms with Gasteiger partial charge < -0.3 is 19.9 Å². The quantitative estimate of drug-likeness (QED) is 0.480. The Labute approximate surface area is 234 Å². The molecule has 5 unspecified atom stereocenters. The van der Waals surface area contributed by atoms with E-state index in [4.69, 9.17) is 4.74 Å². The number of nitrogens with one attached hydrogen (secondary N) is 1. The first-order valence-electron chi connectivity index (χ1n) is 13.8. The first-order chi connectivity index (χ1) is 18.7. The van der Waals surface area contributed by atoms with Gasteiger partial charge in [-0.3, -0.25) is 19.2 Å². The normalized spacial score (nSPS) is 21.1. The number of amides is 3. The molecular weight excluding hydrogens is 514 g/mol. The Hall–Kier alpha value is -3.04. The van der Waals surface area contributed by atoms with E-state index in [2.05, 4.69) is 5.32 Å². The monoisotopic (exact) mass is 553 g/mol. The molecule has 3 heterocycles. The molecule has 0 aliphatic carbocycles. The molecule has 1 N–H and O–H groups in total. The van der Waals surface area contributed by atoms with Crippen molar-refractivity contribution in [2.45, 2.75) is 71.2 Å². The molecule has 0 spiro atoms. The molecule has 3 amide bonds. The molecule has 2 fully saturated rings. The number of thiophene rings is 1. The van der Waals surface area contributed by atoms with Gasteiger partial charge in [0.1, 0.15) is 18.2 Å². The standard InChI is InChI=1S/C30H39N3O5S/c1-6-19(4)27(38-5)30(37)33-17-23(34)26-22(33)14-15-32(26)29(36)21(16-18(2)3)31-28(35)25-13-12-24(39-25)20-10-8-7-9-11-20/h7-13,18-19,21-22,26-27H,6,14-17H2,1-5H3,(H,31,35). The number of carbonyl (C=O) groups excluding carboxylic acids is 4. The minimum Gasteiger partial charge on any atom is -0.371 e. The molecular formula is C30H39N3O5S. The van der Waals surface area contributed by atoms with Gasteiger partial charge in [0, 0.05) is 18.5 Å². The maximum atomic E-state index is 13.8. The molecule has 2 aliphatic heterocycles. The average Bonchev–Trinajstić information content (AvgIpc) is 3.66. The van der Waals surface area contributed by atoms with Crippen LogP contribution in [0.1, 0.15) is 56.6 Å². The number of methoxy groups -OCH3 is 1. The minimum absolute atomic E-state index is 0.0149. The van der Waals surface area contributed by atoms with E-state index in [1.807, 2.05) is 64.1 Å². The number of carbonyl (C=O) groups is 4. The van der Waals surface area contributed by atoms with E-state index in [-0.39, 0.29) is 47.9 Å². The lowest BCUT2D eigenvalue weighted by Gasteiger charge is -2.30. The molecule has 210 valence electrons. The van der Waals surface area contributed by atoms with Crippen molar-refractivity contribution in [1.82, 2.24) is 15.1 Å². The second kappa shape index (κ2) is 12.4. The van der Waals surface area contributed by atoms with Crippen LogP contribution >= 0.6 is 11.3 Å². The lowest BCUT2D eigenvalue weighted by atomic mass is 10.00. The van der Waals surface area contributed by atoms with Crippen molar-refractivity contribution in [2.24, 2.45) is 11.8 Å². The molecule has 2 saturated heterocycles. The van der Waals surface area contributed by atoms with Crippen LogP contribution in [0.15, 0.2) is 42.5 Å². The van der Waals surface area contributed by atoms with Gasteiger partial charge in [-0.25, -0.2) is 0 Å². The van der Waals surface area contributed by atoms with Gasteiger partial charge >= 0.3 is 0 Å². The van der Waals surface area contributed by atoms with E-state index >= 15 is 0 Å². The summed E-state index contributed by atoms with van der Waals surface area (Å²) in [4.78, 5) is 58.2. The summed E-state index contributed by atoms with van der Waals surface area (Å²) in [5.41, 5.74) is 1.03. The second-order valence-corrected chi connectivity index (χ2v) is 12.1. The van der Waals surface area contributed by atoms with Crippen molar-refractivity contribution in [3.05, 3.63) is 47.3 Å². The smallest absolute Gasteiger partial charge is 0.262 e. The topological polar surface area (TPSA) is 96.0 Å². The Kier molecular flexibility index (Phi) is 9.23. The van der Waals surface area contributed by atoms with E-state index in [1.165, 1.54) is 18.4 Å². The van der Waals surface area contributed by atoms with Crippen LogP contribution in [0.5, 0.6) is 0 Å². The van der Waals surface area contributed by atoms with Crippen molar-refractivity contribution in [3.8, 4) is 10.4 Å². The van der Waals surface area contributed by atoms with Crippen LogP contribution in [0.3, 0.4) is 0 Å². The van der Waals surface area contributed by atoms with E-state index in [0.717, 1.165) is 16.9 Å². The van der Waals surface area contributed by atoms with Crippen LogP contribution in [0.25, 0.3) is 10.4 Å². The Morgan fingerprint density at radius 3 is 2.41 bits per heavy atom. The van der Waals surface area contributed by atoms with Gasteiger partial charge in [-0.15, -0.1) is 11.3 Å². The molecule has 0 saturated carbocycles. The summed E-state index contributed by atoms with van der Waals surface area (Å²) in [6.07, 6.45) is 1.13. The van der Waals surface area contributed by atoms with Gasteiger partial charge in [-0.2, -0.15) is 0 Å². The Bertz CT molecular complexity index is 1200. The summed E-state index contributed by atoms with van der Waals surface area (Å²) in [6, 6.07) is 11.7. The number of likely N-dealkylation sites (tertiary alicyclic amines) is 2. The van der Waals surface area contributed by atoms with E-state index < -0.39 is 18.2 Å². The number of hydrogen-bond donors (Lipinski definition) is 1. The Morgan fingerprint density at radius 1 is 1.05 bits per heavy atom. The van der Waals surface area contributed by atoms with Crippen molar-refractivity contribution >= 4 is 34.8 Å². The number of fused-ring (bicyclic) bond motifs is 1. The number of nitrogens with zero attached hydrogens (tertiary/aromatic N) is 2. The molecule has 5 atom stereocenters. The van der Waals surface area contributed by atoms with E-state index in [0.29, 0.717) is 24.3 Å². The zero-order valence-electron chi connectivity index (χ0n) is 23.4. The molecule has 1 aromatic carbocycles. The SMILES string of the molecule is CCC(C)C(OC)C(=O)N1CC(=O)C2C1CCN2C(=O)C(CC(C)C)NC(=O)c1ccc(-c2ccccc2)s1. The number of rotatable bonds is 10. The Morgan fingerprint density at radius 2 is 1.77 bits per heavy atom. The third kappa shape index (κ3) is 6.09. The zero-order chi connectivity index (χ0) is 28.3. The van der Waals surface area contributed by atoms with Gasteiger partial charge in [-0.1, -0.05) is 64.4 Å². The third-order valence-electron chi connectivity index (χ3n) is 7.85. The third-order valence-corrected chi connectivity index (χ3v) is 8.98. The van der Waals surface area contributed by atoms with Gasteiger partial charge in [0.25, 0.3) is 11.8 Å². The van der Waals surface area contributed by atoms with E-state index in [1.54, 1.807) is 15.9 Å². The summed E-state index contributed by atoms with van der Waals surface area (Å²) < 4.78 is 5.50. The molecule has 9 heteroatoms.